The van der Waals surface area contributed by atoms with Crippen LogP contribution >= 0.6 is 0 Å². The number of benzene rings is 1. The zero-order valence-electron chi connectivity index (χ0n) is 12.1. The maximum absolute atomic E-state index is 12.6. The fourth-order valence-corrected chi connectivity index (χ4v) is 3.73. The van der Waals surface area contributed by atoms with Crippen LogP contribution in [-0.2, 0) is 10.0 Å². The molecule has 0 amide bonds. The van der Waals surface area contributed by atoms with E-state index in [4.69, 9.17) is 5.73 Å². The van der Waals surface area contributed by atoms with E-state index in [0.29, 0.717) is 18.8 Å². The number of nitrogens with zero attached hydrogens (tertiary/aromatic N) is 1. The van der Waals surface area contributed by atoms with Crippen LogP contribution in [0.1, 0.15) is 27.7 Å². The van der Waals surface area contributed by atoms with E-state index in [1.165, 1.54) is 6.07 Å². The van der Waals surface area contributed by atoms with Gasteiger partial charge in [-0.2, -0.15) is 4.31 Å². The van der Waals surface area contributed by atoms with Crippen molar-refractivity contribution in [3.05, 3.63) is 24.3 Å². The second kappa shape index (κ2) is 6.39. The van der Waals surface area contributed by atoms with Crippen molar-refractivity contribution >= 4 is 15.7 Å². The Morgan fingerprint density at radius 3 is 2.05 bits per heavy atom. The molecule has 108 valence electrons. The Hall–Kier alpha value is -1.07. The van der Waals surface area contributed by atoms with E-state index in [1.807, 2.05) is 27.7 Å². The van der Waals surface area contributed by atoms with Gasteiger partial charge in [0, 0.05) is 18.8 Å². The van der Waals surface area contributed by atoms with Crippen LogP contribution in [0, 0.1) is 11.8 Å². The van der Waals surface area contributed by atoms with Crippen LogP contribution in [0.5, 0.6) is 0 Å². The van der Waals surface area contributed by atoms with E-state index in [-0.39, 0.29) is 16.7 Å². The van der Waals surface area contributed by atoms with Crippen molar-refractivity contribution in [2.75, 3.05) is 18.8 Å². The summed E-state index contributed by atoms with van der Waals surface area (Å²) >= 11 is 0. The maximum Gasteiger partial charge on any atom is 0.243 e. The van der Waals surface area contributed by atoms with E-state index in [9.17, 15) is 8.42 Å². The molecule has 0 heterocycles. The van der Waals surface area contributed by atoms with Crippen molar-refractivity contribution in [3.63, 3.8) is 0 Å². The molecule has 0 unspecified atom stereocenters. The molecule has 0 saturated heterocycles. The molecule has 0 spiro atoms. The summed E-state index contributed by atoms with van der Waals surface area (Å²) in [7, 11) is -3.46. The van der Waals surface area contributed by atoms with Gasteiger partial charge < -0.3 is 5.73 Å². The molecule has 0 aliphatic rings. The summed E-state index contributed by atoms with van der Waals surface area (Å²) in [6.07, 6.45) is 0. The standard InChI is InChI=1S/C14H24N2O2S/c1-11(2)9-16(10-12(3)4)19(17,18)14-7-5-6-13(15)8-14/h5-8,11-12H,9-10,15H2,1-4H3. The number of nitrogens with two attached hydrogens (primary N) is 1. The Bertz CT molecular complexity index is 500. The summed E-state index contributed by atoms with van der Waals surface area (Å²) in [4.78, 5) is 0.272. The summed E-state index contributed by atoms with van der Waals surface area (Å²) in [5.74, 6) is 0.573. The first-order valence-electron chi connectivity index (χ1n) is 6.59. The van der Waals surface area contributed by atoms with Gasteiger partial charge in [-0.15, -0.1) is 0 Å². The molecule has 0 aliphatic carbocycles. The summed E-state index contributed by atoms with van der Waals surface area (Å²) in [6.45, 7) is 9.11. The van der Waals surface area contributed by atoms with Crippen molar-refractivity contribution in [1.29, 1.82) is 0 Å². The Morgan fingerprint density at radius 1 is 1.11 bits per heavy atom. The maximum atomic E-state index is 12.6. The molecule has 0 aliphatic heterocycles. The number of hydrogen-bond acceptors (Lipinski definition) is 3. The fourth-order valence-electron chi connectivity index (χ4n) is 1.91. The Morgan fingerprint density at radius 2 is 1.63 bits per heavy atom. The lowest BCUT2D eigenvalue weighted by atomic mass is 10.2. The van der Waals surface area contributed by atoms with Crippen LogP contribution in [-0.4, -0.2) is 25.8 Å². The highest BCUT2D eigenvalue weighted by Crippen LogP contribution is 2.20. The van der Waals surface area contributed by atoms with Gasteiger partial charge in [0.25, 0.3) is 0 Å². The first-order valence-corrected chi connectivity index (χ1v) is 8.03. The third kappa shape index (κ3) is 4.51. The highest BCUT2D eigenvalue weighted by atomic mass is 32.2. The van der Waals surface area contributed by atoms with Crippen LogP contribution in [0.25, 0.3) is 0 Å². The van der Waals surface area contributed by atoms with Gasteiger partial charge in [0.15, 0.2) is 0 Å². The van der Waals surface area contributed by atoms with Gasteiger partial charge in [0.05, 0.1) is 4.90 Å². The van der Waals surface area contributed by atoms with Crippen LogP contribution in [0.3, 0.4) is 0 Å². The Labute approximate surface area is 116 Å². The highest BCUT2D eigenvalue weighted by molar-refractivity contribution is 7.89. The molecule has 0 aromatic heterocycles. The molecule has 4 nitrogen and oxygen atoms in total. The second-order valence-corrected chi connectivity index (χ2v) is 7.62. The van der Waals surface area contributed by atoms with Gasteiger partial charge >= 0.3 is 0 Å². The zero-order valence-corrected chi connectivity index (χ0v) is 12.9. The summed E-state index contributed by atoms with van der Waals surface area (Å²) < 4.78 is 26.8. The third-order valence-electron chi connectivity index (χ3n) is 2.63. The van der Waals surface area contributed by atoms with E-state index < -0.39 is 10.0 Å². The van der Waals surface area contributed by atoms with Crippen LogP contribution < -0.4 is 5.73 Å². The average Bonchev–Trinajstić information content (AvgIpc) is 2.26. The van der Waals surface area contributed by atoms with Crippen molar-refractivity contribution in [3.8, 4) is 0 Å². The molecule has 19 heavy (non-hydrogen) atoms. The van der Waals surface area contributed by atoms with Crippen molar-refractivity contribution in [1.82, 2.24) is 4.31 Å². The molecule has 1 aromatic carbocycles. The lowest BCUT2D eigenvalue weighted by Crippen LogP contribution is -2.37. The molecule has 0 fully saturated rings. The molecule has 0 atom stereocenters. The quantitative estimate of drug-likeness (QED) is 0.817. The highest BCUT2D eigenvalue weighted by Gasteiger charge is 2.25. The topological polar surface area (TPSA) is 63.4 Å². The van der Waals surface area contributed by atoms with Crippen molar-refractivity contribution < 1.29 is 8.42 Å². The molecule has 1 aromatic rings. The molecule has 0 radical (unpaired) electrons. The number of anilines is 1. The van der Waals surface area contributed by atoms with Crippen LogP contribution in [0.4, 0.5) is 5.69 Å². The predicted octanol–water partition coefficient (Wildman–Crippen LogP) is 2.57. The van der Waals surface area contributed by atoms with Gasteiger partial charge in [0.1, 0.15) is 0 Å². The monoisotopic (exact) mass is 284 g/mol. The molecule has 0 bridgehead atoms. The Balaban J connectivity index is 3.11. The summed E-state index contributed by atoms with van der Waals surface area (Å²) in [6, 6.07) is 6.47. The van der Waals surface area contributed by atoms with Crippen molar-refractivity contribution in [2.24, 2.45) is 11.8 Å². The Kier molecular flexibility index (Phi) is 5.38. The minimum atomic E-state index is -3.46. The molecule has 1 rings (SSSR count). The SMILES string of the molecule is CC(C)CN(CC(C)C)S(=O)(=O)c1cccc(N)c1. The minimum absolute atomic E-state index is 0.272. The second-order valence-electron chi connectivity index (χ2n) is 5.68. The molecule has 2 N–H and O–H groups in total. The van der Waals surface area contributed by atoms with Crippen LogP contribution in [0.15, 0.2) is 29.2 Å². The molecular formula is C14H24N2O2S. The zero-order chi connectivity index (χ0) is 14.6. The molecular weight excluding hydrogens is 260 g/mol. The minimum Gasteiger partial charge on any atom is -0.399 e. The van der Waals surface area contributed by atoms with Gasteiger partial charge in [-0.1, -0.05) is 33.8 Å². The van der Waals surface area contributed by atoms with E-state index in [0.717, 1.165) is 0 Å². The third-order valence-corrected chi connectivity index (χ3v) is 4.46. The number of sulfonamides is 1. The number of nitrogen functional groups attached to an aromatic ring is 1. The number of hydrogen-bond donors (Lipinski definition) is 1. The van der Waals surface area contributed by atoms with Crippen LogP contribution in [0.2, 0.25) is 0 Å². The molecule has 5 heteroatoms. The average molecular weight is 284 g/mol. The predicted molar refractivity (Wildman–Crippen MR) is 79.3 cm³/mol. The first-order chi connectivity index (χ1) is 8.73. The van der Waals surface area contributed by atoms with Gasteiger partial charge in [-0.3, -0.25) is 0 Å². The summed E-state index contributed by atoms with van der Waals surface area (Å²) in [5.41, 5.74) is 6.14. The molecule has 0 saturated carbocycles. The van der Waals surface area contributed by atoms with E-state index in [1.54, 1.807) is 22.5 Å². The van der Waals surface area contributed by atoms with Crippen molar-refractivity contribution in [2.45, 2.75) is 32.6 Å². The van der Waals surface area contributed by atoms with E-state index in [2.05, 4.69) is 0 Å². The fraction of sp³-hybridized carbons (Fsp3) is 0.571. The van der Waals surface area contributed by atoms with Gasteiger partial charge in [-0.25, -0.2) is 8.42 Å². The van der Waals surface area contributed by atoms with Gasteiger partial charge in [0.2, 0.25) is 10.0 Å². The number of rotatable bonds is 6. The van der Waals surface area contributed by atoms with E-state index >= 15 is 0 Å². The largest absolute Gasteiger partial charge is 0.399 e. The first kappa shape index (κ1) is 16.0. The summed E-state index contributed by atoms with van der Waals surface area (Å²) in [5, 5.41) is 0. The smallest absolute Gasteiger partial charge is 0.243 e. The van der Waals surface area contributed by atoms with Gasteiger partial charge in [-0.05, 0) is 30.0 Å². The lowest BCUT2D eigenvalue weighted by Gasteiger charge is -2.25. The normalized spacial score (nSPS) is 12.6. The lowest BCUT2D eigenvalue weighted by molar-refractivity contribution is 0.333.